The summed E-state index contributed by atoms with van der Waals surface area (Å²) in [6, 6.07) is 7.69. The molecule has 1 aromatic carbocycles. The van der Waals surface area contributed by atoms with E-state index in [9.17, 15) is 14.4 Å². The molecule has 0 saturated carbocycles. The van der Waals surface area contributed by atoms with Crippen LogP contribution in [0, 0.1) is 12.8 Å². The van der Waals surface area contributed by atoms with E-state index >= 15 is 0 Å². The Morgan fingerprint density at radius 3 is 2.31 bits per heavy atom. The van der Waals surface area contributed by atoms with Gasteiger partial charge >= 0.3 is 11.7 Å². The number of benzene rings is 1. The minimum absolute atomic E-state index is 0.190. The lowest BCUT2D eigenvalue weighted by Crippen LogP contribution is -2.43. The Kier molecular flexibility index (Phi) is 5.50. The van der Waals surface area contributed by atoms with Crippen LogP contribution in [0.3, 0.4) is 0 Å². The molecule has 0 aliphatic carbocycles. The Bertz CT molecular complexity index is 1100. The van der Waals surface area contributed by atoms with Gasteiger partial charge in [0, 0.05) is 19.8 Å². The third-order valence-electron chi connectivity index (χ3n) is 5.17. The summed E-state index contributed by atoms with van der Waals surface area (Å²) in [6.07, 6.45) is 0. The van der Waals surface area contributed by atoms with Crippen molar-refractivity contribution in [1.82, 2.24) is 9.13 Å². The molecule has 1 aliphatic heterocycles. The van der Waals surface area contributed by atoms with Crippen molar-refractivity contribution in [2.24, 2.45) is 20.0 Å². The molecule has 0 spiro atoms. The third kappa shape index (κ3) is 3.64. The average molecular weight is 397 g/mol. The van der Waals surface area contributed by atoms with Gasteiger partial charge in [0.2, 0.25) is 0 Å². The highest BCUT2D eigenvalue weighted by molar-refractivity contribution is 5.94. The molecule has 29 heavy (non-hydrogen) atoms. The summed E-state index contributed by atoms with van der Waals surface area (Å²) in [5, 5.41) is 3.10. The molecule has 7 heteroatoms. The normalized spacial score (nSPS) is 15.9. The van der Waals surface area contributed by atoms with Crippen molar-refractivity contribution in [3.63, 3.8) is 0 Å². The van der Waals surface area contributed by atoms with Crippen LogP contribution in [0.5, 0.6) is 0 Å². The smallest absolute Gasteiger partial charge is 0.336 e. The van der Waals surface area contributed by atoms with Crippen molar-refractivity contribution in [3.8, 4) is 0 Å². The molecule has 154 valence electrons. The van der Waals surface area contributed by atoms with Crippen LogP contribution >= 0.6 is 0 Å². The zero-order valence-electron chi connectivity index (χ0n) is 17.7. The number of carbonyl (C=O) groups excluding carboxylic acids is 1. The summed E-state index contributed by atoms with van der Waals surface area (Å²) in [7, 11) is 3.05. The van der Waals surface area contributed by atoms with E-state index in [1.54, 1.807) is 14.0 Å². The molecule has 0 fully saturated rings. The maximum Gasteiger partial charge on any atom is 0.336 e. The van der Waals surface area contributed by atoms with Crippen molar-refractivity contribution < 1.29 is 9.53 Å². The number of hydrogen-bond donors (Lipinski definition) is 1. The second-order valence-corrected chi connectivity index (χ2v) is 7.97. The Morgan fingerprint density at radius 2 is 1.72 bits per heavy atom. The van der Waals surface area contributed by atoms with Crippen LogP contribution in [0.2, 0.25) is 0 Å². The third-order valence-corrected chi connectivity index (χ3v) is 5.17. The highest BCUT2D eigenvalue weighted by Gasteiger charge is 2.37. The van der Waals surface area contributed by atoms with Gasteiger partial charge in [-0.25, -0.2) is 9.59 Å². The van der Waals surface area contributed by atoms with Gasteiger partial charge in [-0.1, -0.05) is 43.7 Å². The first-order valence-corrected chi connectivity index (χ1v) is 9.64. The van der Waals surface area contributed by atoms with Crippen LogP contribution in [0.1, 0.15) is 43.4 Å². The van der Waals surface area contributed by atoms with Crippen molar-refractivity contribution in [2.75, 3.05) is 11.9 Å². The summed E-state index contributed by atoms with van der Waals surface area (Å²) in [6.45, 7) is 7.95. The Hall–Kier alpha value is -3.09. The van der Waals surface area contributed by atoms with E-state index in [0.29, 0.717) is 22.7 Å². The van der Waals surface area contributed by atoms with Gasteiger partial charge in [0.05, 0.1) is 23.7 Å². The number of hydrogen-bond acceptors (Lipinski definition) is 5. The number of allylic oxidation sites excluding steroid dienone is 1. The Labute approximate surface area is 169 Å². The monoisotopic (exact) mass is 397 g/mol. The predicted octanol–water partition coefficient (Wildman–Crippen LogP) is 2.42. The topological polar surface area (TPSA) is 82.3 Å². The maximum absolute atomic E-state index is 13.1. The second kappa shape index (κ2) is 7.73. The van der Waals surface area contributed by atoms with Crippen molar-refractivity contribution >= 4 is 11.8 Å². The molecule has 3 rings (SSSR count). The molecule has 1 aromatic heterocycles. The average Bonchev–Trinajstić information content (AvgIpc) is 2.68. The summed E-state index contributed by atoms with van der Waals surface area (Å²) in [5.74, 6) is -0.496. The largest absolute Gasteiger partial charge is 0.462 e. The summed E-state index contributed by atoms with van der Waals surface area (Å²) < 4.78 is 7.98. The fourth-order valence-electron chi connectivity index (χ4n) is 3.57. The number of aryl methyl sites for hydroxylation is 1. The molecule has 0 saturated heterocycles. The van der Waals surface area contributed by atoms with Crippen LogP contribution in [0.4, 0.5) is 5.82 Å². The van der Waals surface area contributed by atoms with Crippen molar-refractivity contribution in [3.05, 3.63) is 73.1 Å². The number of carbonyl (C=O) groups is 1. The Balaban J connectivity index is 2.28. The van der Waals surface area contributed by atoms with E-state index in [1.807, 2.05) is 45.0 Å². The van der Waals surface area contributed by atoms with Gasteiger partial charge in [0.25, 0.3) is 5.56 Å². The zero-order valence-corrected chi connectivity index (χ0v) is 17.7. The molecule has 0 radical (unpaired) electrons. The molecule has 2 aromatic rings. The summed E-state index contributed by atoms with van der Waals surface area (Å²) >= 11 is 0. The molecule has 1 N–H and O–H groups in total. The van der Waals surface area contributed by atoms with Gasteiger partial charge in [0.1, 0.15) is 5.82 Å². The molecule has 0 unspecified atom stereocenters. The second-order valence-electron chi connectivity index (χ2n) is 7.97. The number of esters is 1. The first-order valence-electron chi connectivity index (χ1n) is 9.64. The van der Waals surface area contributed by atoms with Crippen LogP contribution in [-0.4, -0.2) is 21.7 Å². The first kappa shape index (κ1) is 20.6. The highest BCUT2D eigenvalue weighted by atomic mass is 16.5. The van der Waals surface area contributed by atoms with E-state index < -0.39 is 23.1 Å². The van der Waals surface area contributed by atoms with Gasteiger partial charge in [0.15, 0.2) is 0 Å². The molecule has 0 amide bonds. The number of anilines is 1. The van der Waals surface area contributed by atoms with E-state index in [4.69, 9.17) is 4.74 Å². The van der Waals surface area contributed by atoms with Crippen LogP contribution in [-0.2, 0) is 23.6 Å². The predicted molar refractivity (Wildman–Crippen MR) is 112 cm³/mol. The molecular formula is C22H27N3O4. The van der Waals surface area contributed by atoms with E-state index in [2.05, 4.69) is 5.32 Å². The van der Waals surface area contributed by atoms with Gasteiger partial charge in [-0.2, -0.15) is 0 Å². The van der Waals surface area contributed by atoms with Gasteiger partial charge in [-0.05, 0) is 25.3 Å². The van der Waals surface area contributed by atoms with E-state index in [1.165, 1.54) is 11.6 Å². The summed E-state index contributed by atoms with van der Waals surface area (Å²) in [4.78, 5) is 38.6. The van der Waals surface area contributed by atoms with E-state index in [0.717, 1.165) is 15.7 Å². The number of nitrogens with zero attached hydrogens (tertiary/aromatic N) is 2. The number of aromatic nitrogens is 2. The fraction of sp³-hybridized carbons (Fsp3) is 0.409. The first-order chi connectivity index (χ1) is 13.6. The van der Waals surface area contributed by atoms with Crippen molar-refractivity contribution in [1.29, 1.82) is 0 Å². The van der Waals surface area contributed by atoms with Crippen LogP contribution in [0.25, 0.3) is 0 Å². The van der Waals surface area contributed by atoms with Crippen LogP contribution < -0.4 is 16.6 Å². The minimum Gasteiger partial charge on any atom is -0.462 e. The molecular weight excluding hydrogens is 370 g/mol. The number of rotatable bonds is 4. The molecule has 2 heterocycles. The lowest BCUT2D eigenvalue weighted by atomic mass is 9.82. The lowest BCUT2D eigenvalue weighted by molar-refractivity contribution is -0.140. The SMILES string of the molecule is CC1=C(C(=O)OCC(C)C)[C@@H](c2ccc(C)cc2)c2c(n(C)c(=O)n(C)c2=O)N1. The Morgan fingerprint density at radius 1 is 1.10 bits per heavy atom. The van der Waals surface area contributed by atoms with Gasteiger partial charge in [-0.3, -0.25) is 13.9 Å². The maximum atomic E-state index is 13.1. The van der Waals surface area contributed by atoms with E-state index in [-0.39, 0.29) is 12.5 Å². The molecule has 1 aliphatic rings. The van der Waals surface area contributed by atoms with Gasteiger partial charge in [-0.15, -0.1) is 0 Å². The number of ether oxygens (including phenoxy) is 1. The quantitative estimate of drug-likeness (QED) is 0.802. The molecule has 0 bridgehead atoms. The van der Waals surface area contributed by atoms with Crippen LogP contribution in [0.15, 0.2) is 45.1 Å². The lowest BCUT2D eigenvalue weighted by Gasteiger charge is -2.31. The fourth-order valence-corrected chi connectivity index (χ4v) is 3.57. The summed E-state index contributed by atoms with van der Waals surface area (Å²) in [5.41, 5.74) is 2.33. The van der Waals surface area contributed by atoms with Gasteiger partial charge < -0.3 is 10.1 Å². The minimum atomic E-state index is -0.628. The number of fused-ring (bicyclic) bond motifs is 1. The zero-order chi connectivity index (χ0) is 21.5. The van der Waals surface area contributed by atoms with Crippen molar-refractivity contribution in [2.45, 2.75) is 33.6 Å². The highest BCUT2D eigenvalue weighted by Crippen LogP contribution is 2.40. The number of nitrogens with one attached hydrogen (secondary N) is 1. The standard InChI is InChI=1S/C22H27N3O4/c1-12(2)11-29-21(27)16-14(4)23-19-18(20(26)25(6)22(28)24(19)5)17(16)15-9-7-13(3)8-10-15/h7-10,12,17,23H,11H2,1-6H3/t17-/m1/s1. The molecule has 7 nitrogen and oxygen atoms in total. The molecule has 1 atom stereocenters.